The van der Waals surface area contributed by atoms with Crippen LogP contribution in [0.3, 0.4) is 0 Å². The van der Waals surface area contributed by atoms with Gasteiger partial charge in [-0.25, -0.2) is 9.37 Å². The number of carbonyl (C=O) groups excluding carboxylic acids is 1. The van der Waals surface area contributed by atoms with Crippen molar-refractivity contribution in [2.24, 2.45) is 5.73 Å². The molecule has 0 aliphatic carbocycles. The summed E-state index contributed by atoms with van der Waals surface area (Å²) < 4.78 is 57.6. The molecule has 0 amide bonds. The van der Waals surface area contributed by atoms with E-state index in [-0.39, 0.29) is 11.4 Å². The monoisotopic (exact) mass is 282 g/mol. The molecule has 5 nitrogen and oxygen atoms in total. The van der Waals surface area contributed by atoms with Crippen LogP contribution in [-0.2, 0) is 22.5 Å². The van der Waals surface area contributed by atoms with E-state index in [1.54, 1.807) is 0 Å². The smallest absolute Gasteiger partial charge is 0.469 e. The van der Waals surface area contributed by atoms with Crippen LogP contribution in [0.2, 0.25) is 0 Å². The summed E-state index contributed by atoms with van der Waals surface area (Å²) in [7, 11) is 1.09. The largest absolute Gasteiger partial charge is 0.573 e. The fourth-order valence-electron chi connectivity index (χ4n) is 1.25. The van der Waals surface area contributed by atoms with Crippen LogP contribution in [0, 0.1) is 5.82 Å². The van der Waals surface area contributed by atoms with E-state index in [1.807, 2.05) is 0 Å². The minimum Gasteiger partial charge on any atom is -0.469 e. The maximum Gasteiger partial charge on any atom is 0.573 e. The van der Waals surface area contributed by atoms with Crippen molar-refractivity contribution >= 4 is 5.97 Å². The average Bonchev–Trinajstić information content (AvgIpc) is 2.30. The quantitative estimate of drug-likeness (QED) is 0.665. The molecule has 0 bridgehead atoms. The van der Waals surface area contributed by atoms with E-state index < -0.39 is 36.9 Å². The lowest BCUT2D eigenvalue weighted by Gasteiger charge is -2.13. The van der Waals surface area contributed by atoms with Crippen molar-refractivity contribution in [3.8, 4) is 5.75 Å². The molecule has 1 heterocycles. The van der Waals surface area contributed by atoms with Gasteiger partial charge >= 0.3 is 12.3 Å². The number of carbonyl (C=O) groups is 1. The van der Waals surface area contributed by atoms with Gasteiger partial charge in [-0.2, -0.15) is 0 Å². The molecule has 1 aromatic rings. The van der Waals surface area contributed by atoms with Crippen LogP contribution in [0.15, 0.2) is 6.07 Å². The summed E-state index contributed by atoms with van der Waals surface area (Å²) >= 11 is 0. The van der Waals surface area contributed by atoms with E-state index >= 15 is 0 Å². The van der Waals surface area contributed by atoms with Crippen LogP contribution >= 0.6 is 0 Å². The number of ether oxygens (including phenoxy) is 2. The SMILES string of the molecule is COC(=O)Cc1nc(CN)c(OC(F)(F)F)cc1F. The fraction of sp³-hybridized carbons (Fsp3) is 0.400. The van der Waals surface area contributed by atoms with E-state index in [1.165, 1.54) is 0 Å². The Morgan fingerprint density at radius 2 is 2.05 bits per heavy atom. The molecule has 0 spiro atoms. The summed E-state index contributed by atoms with van der Waals surface area (Å²) in [6, 6.07) is 0.487. The Labute approximate surface area is 105 Å². The van der Waals surface area contributed by atoms with Gasteiger partial charge in [0.25, 0.3) is 0 Å². The highest BCUT2D eigenvalue weighted by Crippen LogP contribution is 2.27. The van der Waals surface area contributed by atoms with Crippen molar-refractivity contribution in [3.05, 3.63) is 23.3 Å². The van der Waals surface area contributed by atoms with Gasteiger partial charge in [-0.15, -0.1) is 13.2 Å². The van der Waals surface area contributed by atoms with Crippen LogP contribution in [0.25, 0.3) is 0 Å². The van der Waals surface area contributed by atoms with Crippen molar-refractivity contribution in [2.75, 3.05) is 7.11 Å². The molecular weight excluding hydrogens is 272 g/mol. The van der Waals surface area contributed by atoms with E-state index in [9.17, 15) is 22.4 Å². The Bertz CT molecular complexity index is 477. The Hall–Kier alpha value is -1.90. The van der Waals surface area contributed by atoms with Gasteiger partial charge in [0.05, 0.1) is 24.9 Å². The van der Waals surface area contributed by atoms with Gasteiger partial charge in [0.15, 0.2) is 5.75 Å². The first-order valence-electron chi connectivity index (χ1n) is 4.97. The van der Waals surface area contributed by atoms with Gasteiger partial charge in [-0.05, 0) is 0 Å². The normalized spacial score (nSPS) is 11.3. The Kier molecular flexibility index (Phi) is 4.65. The average molecular weight is 282 g/mol. The summed E-state index contributed by atoms with van der Waals surface area (Å²) in [5.41, 5.74) is 4.54. The van der Waals surface area contributed by atoms with Crippen LogP contribution in [0.4, 0.5) is 17.6 Å². The van der Waals surface area contributed by atoms with Crippen molar-refractivity contribution in [1.82, 2.24) is 4.98 Å². The Morgan fingerprint density at radius 3 is 2.53 bits per heavy atom. The number of rotatable bonds is 4. The molecule has 0 aromatic carbocycles. The number of halogens is 4. The number of aromatic nitrogens is 1. The molecule has 1 aromatic heterocycles. The minimum absolute atomic E-state index is 0.308. The van der Waals surface area contributed by atoms with E-state index in [4.69, 9.17) is 5.73 Å². The molecule has 19 heavy (non-hydrogen) atoms. The topological polar surface area (TPSA) is 74.4 Å². The predicted molar refractivity (Wildman–Crippen MR) is 54.5 cm³/mol. The number of pyridine rings is 1. The highest BCUT2D eigenvalue weighted by atomic mass is 19.4. The summed E-state index contributed by atoms with van der Waals surface area (Å²) in [6.07, 6.45) is -5.50. The van der Waals surface area contributed by atoms with Gasteiger partial charge in [-0.3, -0.25) is 4.79 Å². The minimum atomic E-state index is -4.98. The summed E-state index contributed by atoms with van der Waals surface area (Å²) in [5.74, 6) is -2.72. The van der Waals surface area contributed by atoms with Gasteiger partial charge in [-0.1, -0.05) is 0 Å². The molecule has 9 heteroatoms. The van der Waals surface area contributed by atoms with Gasteiger partial charge in [0.1, 0.15) is 5.82 Å². The van der Waals surface area contributed by atoms with E-state index in [0.29, 0.717) is 6.07 Å². The van der Waals surface area contributed by atoms with Crippen LogP contribution in [-0.4, -0.2) is 24.4 Å². The molecule has 0 aliphatic heterocycles. The molecule has 2 N–H and O–H groups in total. The molecule has 106 valence electrons. The molecule has 0 saturated heterocycles. The number of esters is 1. The first kappa shape index (κ1) is 15.2. The second kappa shape index (κ2) is 5.83. The third-order valence-electron chi connectivity index (χ3n) is 2.05. The van der Waals surface area contributed by atoms with Gasteiger partial charge in [0, 0.05) is 12.6 Å². The van der Waals surface area contributed by atoms with Crippen LogP contribution < -0.4 is 10.5 Å². The number of methoxy groups -OCH3 is 1. The molecule has 1 rings (SSSR count). The lowest BCUT2D eigenvalue weighted by molar-refractivity contribution is -0.275. The van der Waals surface area contributed by atoms with Crippen LogP contribution in [0.1, 0.15) is 11.4 Å². The van der Waals surface area contributed by atoms with Crippen molar-refractivity contribution in [1.29, 1.82) is 0 Å². The second-order valence-corrected chi connectivity index (χ2v) is 3.37. The zero-order chi connectivity index (χ0) is 14.6. The standard InChI is InChI=1S/C10H10F4N2O3/c1-18-9(17)3-6-5(11)2-8(7(4-15)16-6)19-10(12,13)14/h2H,3-4,15H2,1H3. The molecule has 0 aliphatic rings. The Balaban J connectivity index is 3.10. The number of nitrogens with two attached hydrogens (primary N) is 1. The van der Waals surface area contributed by atoms with Crippen LogP contribution in [0.5, 0.6) is 5.75 Å². The maximum absolute atomic E-state index is 13.5. The number of hydrogen-bond donors (Lipinski definition) is 1. The molecule has 0 unspecified atom stereocenters. The molecule has 0 saturated carbocycles. The summed E-state index contributed by atoms with van der Waals surface area (Å²) in [4.78, 5) is 14.5. The predicted octanol–water partition coefficient (Wildman–Crippen LogP) is 1.29. The summed E-state index contributed by atoms with van der Waals surface area (Å²) in [5, 5.41) is 0. The van der Waals surface area contributed by atoms with Gasteiger partial charge < -0.3 is 15.2 Å². The summed E-state index contributed by atoms with van der Waals surface area (Å²) in [6.45, 7) is -0.403. The number of hydrogen-bond acceptors (Lipinski definition) is 5. The van der Waals surface area contributed by atoms with Gasteiger partial charge in [0.2, 0.25) is 0 Å². The molecule has 0 radical (unpaired) electrons. The zero-order valence-electron chi connectivity index (χ0n) is 9.75. The van der Waals surface area contributed by atoms with E-state index in [2.05, 4.69) is 14.5 Å². The molecular formula is C10H10F4N2O3. The number of alkyl halides is 3. The van der Waals surface area contributed by atoms with Crippen molar-refractivity contribution in [2.45, 2.75) is 19.3 Å². The number of nitrogens with zero attached hydrogens (tertiary/aromatic N) is 1. The third-order valence-corrected chi connectivity index (χ3v) is 2.05. The van der Waals surface area contributed by atoms with E-state index in [0.717, 1.165) is 7.11 Å². The maximum atomic E-state index is 13.5. The zero-order valence-corrected chi connectivity index (χ0v) is 9.75. The molecule has 0 fully saturated rings. The molecule has 0 atom stereocenters. The lowest BCUT2D eigenvalue weighted by Crippen LogP contribution is -2.20. The van der Waals surface area contributed by atoms with Crippen molar-refractivity contribution < 1.29 is 31.8 Å². The highest BCUT2D eigenvalue weighted by molar-refractivity contribution is 5.71. The highest BCUT2D eigenvalue weighted by Gasteiger charge is 2.33. The lowest BCUT2D eigenvalue weighted by atomic mass is 10.2. The van der Waals surface area contributed by atoms with Crippen molar-refractivity contribution in [3.63, 3.8) is 0 Å². The first-order chi connectivity index (χ1) is 8.76. The Morgan fingerprint density at radius 1 is 1.42 bits per heavy atom. The fourth-order valence-corrected chi connectivity index (χ4v) is 1.25. The second-order valence-electron chi connectivity index (χ2n) is 3.37. The third kappa shape index (κ3) is 4.36. The first-order valence-corrected chi connectivity index (χ1v) is 4.97.